The van der Waals surface area contributed by atoms with Crippen molar-refractivity contribution in [3.05, 3.63) is 18.2 Å². The van der Waals surface area contributed by atoms with Crippen LogP contribution in [-0.4, -0.2) is 34.6 Å². The van der Waals surface area contributed by atoms with Gasteiger partial charge < -0.3 is 9.47 Å². The van der Waals surface area contributed by atoms with Crippen LogP contribution in [0.4, 0.5) is 0 Å². The summed E-state index contributed by atoms with van der Waals surface area (Å²) in [6.07, 6.45) is 7.78. The molecule has 1 saturated heterocycles. The van der Waals surface area contributed by atoms with Crippen LogP contribution in [0.5, 0.6) is 0 Å². The van der Waals surface area contributed by atoms with Gasteiger partial charge in [0.2, 0.25) is 0 Å². The second-order valence-electron chi connectivity index (χ2n) is 4.47. The number of hydrogen-bond acceptors (Lipinski definition) is 2. The Morgan fingerprint density at radius 2 is 2.36 bits per heavy atom. The van der Waals surface area contributed by atoms with E-state index in [1.165, 1.54) is 38.0 Å². The van der Waals surface area contributed by atoms with E-state index < -0.39 is 0 Å². The lowest BCUT2D eigenvalue weighted by atomic mass is 9.94. The maximum atomic E-state index is 4.16. The van der Waals surface area contributed by atoms with Gasteiger partial charge in [-0.25, -0.2) is 4.98 Å². The summed E-state index contributed by atoms with van der Waals surface area (Å²) in [5, 5.41) is 0. The van der Waals surface area contributed by atoms with E-state index in [1.54, 1.807) is 0 Å². The molecule has 0 spiro atoms. The lowest BCUT2D eigenvalue weighted by Crippen LogP contribution is -2.33. The molecular formula is C11H19N3. The Morgan fingerprint density at radius 3 is 3.00 bits per heavy atom. The first-order chi connectivity index (χ1) is 6.75. The van der Waals surface area contributed by atoms with Gasteiger partial charge in [-0.1, -0.05) is 0 Å². The summed E-state index contributed by atoms with van der Waals surface area (Å²) in [6, 6.07) is 0. The van der Waals surface area contributed by atoms with E-state index in [4.69, 9.17) is 0 Å². The maximum absolute atomic E-state index is 4.16. The fourth-order valence-corrected chi connectivity index (χ4v) is 2.32. The zero-order valence-corrected chi connectivity index (χ0v) is 9.11. The molecule has 0 bridgehead atoms. The molecule has 1 aliphatic heterocycles. The Labute approximate surface area is 85.7 Å². The van der Waals surface area contributed by atoms with Crippen LogP contribution in [0, 0.1) is 5.92 Å². The molecule has 1 aromatic heterocycles. The summed E-state index contributed by atoms with van der Waals surface area (Å²) < 4.78 is 2.13. The minimum absolute atomic E-state index is 0.823. The number of likely N-dealkylation sites (tertiary alicyclic amines) is 1. The summed E-state index contributed by atoms with van der Waals surface area (Å²) in [4.78, 5) is 6.59. The van der Waals surface area contributed by atoms with Crippen molar-refractivity contribution in [3.8, 4) is 0 Å². The first-order valence-electron chi connectivity index (χ1n) is 5.39. The summed E-state index contributed by atoms with van der Waals surface area (Å²) in [5.41, 5.74) is 1.37. The molecule has 2 rings (SSSR count). The van der Waals surface area contributed by atoms with Crippen molar-refractivity contribution in [2.45, 2.75) is 19.3 Å². The Bertz CT molecular complexity index is 292. The van der Waals surface area contributed by atoms with E-state index in [2.05, 4.69) is 28.5 Å². The minimum atomic E-state index is 0.823. The fourth-order valence-electron chi connectivity index (χ4n) is 2.32. The third-order valence-corrected chi connectivity index (χ3v) is 3.14. The highest BCUT2D eigenvalue weighted by molar-refractivity contribution is 4.99. The molecule has 1 unspecified atom stereocenters. The topological polar surface area (TPSA) is 21.1 Å². The van der Waals surface area contributed by atoms with Crippen LogP contribution in [-0.2, 0) is 13.5 Å². The van der Waals surface area contributed by atoms with Crippen LogP contribution in [0.2, 0.25) is 0 Å². The van der Waals surface area contributed by atoms with Crippen molar-refractivity contribution in [3.63, 3.8) is 0 Å². The highest BCUT2D eigenvalue weighted by Crippen LogP contribution is 2.19. The standard InChI is InChI=1S/C11H19N3/c1-13-5-3-4-10(8-13)6-11-7-12-9-14(11)2/h7,9-10H,3-6,8H2,1-2H3. The first-order valence-corrected chi connectivity index (χ1v) is 5.39. The Morgan fingerprint density at radius 1 is 1.50 bits per heavy atom. The maximum Gasteiger partial charge on any atom is 0.0945 e. The van der Waals surface area contributed by atoms with Gasteiger partial charge in [-0.2, -0.15) is 0 Å². The molecule has 1 atom stereocenters. The average Bonchev–Trinajstić information content (AvgIpc) is 2.52. The number of piperidine rings is 1. The Kier molecular flexibility index (Phi) is 2.87. The van der Waals surface area contributed by atoms with Gasteiger partial charge in [0, 0.05) is 25.5 Å². The monoisotopic (exact) mass is 193 g/mol. The lowest BCUT2D eigenvalue weighted by molar-refractivity contribution is 0.208. The number of nitrogens with zero attached hydrogens (tertiary/aromatic N) is 3. The molecule has 1 aliphatic rings. The van der Waals surface area contributed by atoms with Crippen molar-refractivity contribution in [1.82, 2.24) is 14.5 Å². The van der Waals surface area contributed by atoms with Crippen LogP contribution in [0.3, 0.4) is 0 Å². The van der Waals surface area contributed by atoms with Gasteiger partial charge in [-0.05, 0) is 38.8 Å². The van der Waals surface area contributed by atoms with Gasteiger partial charge in [0.25, 0.3) is 0 Å². The highest BCUT2D eigenvalue weighted by Gasteiger charge is 2.18. The Balaban J connectivity index is 1.94. The normalized spacial score (nSPS) is 24.0. The van der Waals surface area contributed by atoms with Gasteiger partial charge in [0.15, 0.2) is 0 Å². The second-order valence-corrected chi connectivity index (χ2v) is 4.47. The number of rotatable bonds is 2. The van der Waals surface area contributed by atoms with Crippen LogP contribution in [0.25, 0.3) is 0 Å². The molecule has 78 valence electrons. The SMILES string of the molecule is CN1CCCC(Cc2cncn2C)C1. The lowest BCUT2D eigenvalue weighted by Gasteiger charge is -2.29. The van der Waals surface area contributed by atoms with Gasteiger partial charge >= 0.3 is 0 Å². The molecular weight excluding hydrogens is 174 g/mol. The summed E-state index contributed by atoms with van der Waals surface area (Å²) >= 11 is 0. The summed E-state index contributed by atoms with van der Waals surface area (Å²) in [6.45, 7) is 2.51. The fraction of sp³-hybridized carbons (Fsp3) is 0.727. The van der Waals surface area contributed by atoms with E-state index >= 15 is 0 Å². The quantitative estimate of drug-likeness (QED) is 0.706. The zero-order chi connectivity index (χ0) is 9.97. The van der Waals surface area contributed by atoms with Crippen molar-refractivity contribution in [2.75, 3.05) is 20.1 Å². The molecule has 2 heterocycles. The summed E-state index contributed by atoms with van der Waals surface area (Å²) in [7, 11) is 4.30. The summed E-state index contributed by atoms with van der Waals surface area (Å²) in [5.74, 6) is 0.823. The van der Waals surface area contributed by atoms with Crippen molar-refractivity contribution in [1.29, 1.82) is 0 Å². The van der Waals surface area contributed by atoms with Gasteiger partial charge in [0.05, 0.1) is 6.33 Å². The number of hydrogen-bond donors (Lipinski definition) is 0. The van der Waals surface area contributed by atoms with E-state index in [9.17, 15) is 0 Å². The predicted octanol–water partition coefficient (Wildman–Crippen LogP) is 1.30. The average molecular weight is 193 g/mol. The predicted molar refractivity (Wildman–Crippen MR) is 57.1 cm³/mol. The van der Waals surface area contributed by atoms with Crippen molar-refractivity contribution >= 4 is 0 Å². The molecule has 0 N–H and O–H groups in total. The van der Waals surface area contributed by atoms with E-state index in [0.717, 1.165) is 5.92 Å². The largest absolute Gasteiger partial charge is 0.338 e. The molecule has 1 aromatic rings. The van der Waals surface area contributed by atoms with E-state index in [-0.39, 0.29) is 0 Å². The molecule has 1 fully saturated rings. The first kappa shape index (κ1) is 9.71. The van der Waals surface area contributed by atoms with Gasteiger partial charge in [0.1, 0.15) is 0 Å². The van der Waals surface area contributed by atoms with Crippen LogP contribution < -0.4 is 0 Å². The molecule has 0 radical (unpaired) electrons. The zero-order valence-electron chi connectivity index (χ0n) is 9.11. The number of imidazole rings is 1. The van der Waals surface area contributed by atoms with Crippen molar-refractivity contribution in [2.24, 2.45) is 13.0 Å². The van der Waals surface area contributed by atoms with Crippen LogP contribution in [0.15, 0.2) is 12.5 Å². The third-order valence-electron chi connectivity index (χ3n) is 3.14. The van der Waals surface area contributed by atoms with Crippen LogP contribution >= 0.6 is 0 Å². The van der Waals surface area contributed by atoms with Gasteiger partial charge in [-0.3, -0.25) is 0 Å². The molecule has 0 aliphatic carbocycles. The molecule has 3 heteroatoms. The molecule has 0 amide bonds. The molecule has 3 nitrogen and oxygen atoms in total. The number of aryl methyl sites for hydroxylation is 1. The smallest absolute Gasteiger partial charge is 0.0945 e. The van der Waals surface area contributed by atoms with Crippen molar-refractivity contribution < 1.29 is 0 Å². The third kappa shape index (κ3) is 2.15. The minimum Gasteiger partial charge on any atom is -0.338 e. The molecule has 0 saturated carbocycles. The van der Waals surface area contributed by atoms with Gasteiger partial charge in [-0.15, -0.1) is 0 Å². The Hall–Kier alpha value is -0.830. The number of aromatic nitrogens is 2. The molecule has 14 heavy (non-hydrogen) atoms. The van der Waals surface area contributed by atoms with E-state index in [0.29, 0.717) is 0 Å². The van der Waals surface area contributed by atoms with Crippen LogP contribution in [0.1, 0.15) is 18.5 Å². The van der Waals surface area contributed by atoms with E-state index in [1.807, 2.05) is 12.5 Å². The highest BCUT2D eigenvalue weighted by atomic mass is 15.1. The second kappa shape index (κ2) is 4.13. The molecule has 0 aromatic carbocycles.